The fraction of sp³-hybridized carbons (Fsp3) is 0.706. The first-order valence-corrected chi connectivity index (χ1v) is 8.48. The summed E-state index contributed by atoms with van der Waals surface area (Å²) in [5, 5.41) is 6.71. The molecule has 0 saturated carbocycles. The van der Waals surface area contributed by atoms with Crippen LogP contribution in [0.15, 0.2) is 27.8 Å². The Labute approximate surface area is 139 Å². The lowest BCUT2D eigenvalue weighted by atomic mass is 10.3. The molecule has 1 heterocycles. The van der Waals surface area contributed by atoms with E-state index in [1.54, 1.807) is 13.4 Å². The minimum Gasteiger partial charge on any atom is -0.469 e. The van der Waals surface area contributed by atoms with Crippen LogP contribution >= 0.6 is 0 Å². The van der Waals surface area contributed by atoms with Crippen LogP contribution in [-0.2, 0) is 15.9 Å². The van der Waals surface area contributed by atoms with Gasteiger partial charge in [-0.3, -0.25) is 4.99 Å². The van der Waals surface area contributed by atoms with Crippen LogP contribution in [0.4, 0.5) is 0 Å². The highest BCUT2D eigenvalue weighted by Gasteiger charge is 2.00. The first-order chi connectivity index (χ1) is 11.4. The molecule has 1 aromatic rings. The molecule has 6 heteroatoms. The molecule has 0 spiro atoms. The van der Waals surface area contributed by atoms with Crippen molar-refractivity contribution in [2.75, 3.05) is 46.6 Å². The van der Waals surface area contributed by atoms with Gasteiger partial charge < -0.3 is 24.5 Å². The van der Waals surface area contributed by atoms with Crippen LogP contribution in [0.5, 0.6) is 0 Å². The fourth-order valence-electron chi connectivity index (χ4n) is 2.01. The Bertz CT molecular complexity index is 394. The summed E-state index contributed by atoms with van der Waals surface area (Å²) in [6, 6.07) is 3.89. The third-order valence-corrected chi connectivity index (χ3v) is 3.23. The Hall–Kier alpha value is -1.53. The number of aliphatic imine (C=N–C) groups is 1. The lowest BCUT2D eigenvalue weighted by Gasteiger charge is -2.12. The standard InChI is InChI=1S/C17H31N3O3/c1-3-22-14-7-11-19-17(18-10-4-5-13-21-2)20-12-9-16-8-6-15-23-16/h6,8,15H,3-5,7,9-14H2,1-2H3,(H2,18,19,20). The van der Waals surface area contributed by atoms with E-state index >= 15 is 0 Å². The monoisotopic (exact) mass is 325 g/mol. The van der Waals surface area contributed by atoms with E-state index in [-0.39, 0.29) is 0 Å². The Kier molecular flexibility index (Phi) is 12.0. The summed E-state index contributed by atoms with van der Waals surface area (Å²) in [7, 11) is 1.73. The normalized spacial score (nSPS) is 11.7. The number of nitrogens with zero attached hydrogens (tertiary/aromatic N) is 1. The molecular weight excluding hydrogens is 294 g/mol. The number of rotatable bonds is 13. The maximum Gasteiger partial charge on any atom is 0.191 e. The number of ether oxygens (including phenoxy) is 2. The van der Waals surface area contributed by atoms with E-state index in [0.29, 0.717) is 0 Å². The van der Waals surface area contributed by atoms with Gasteiger partial charge in [0.05, 0.1) is 6.26 Å². The third kappa shape index (κ3) is 10.8. The highest BCUT2D eigenvalue weighted by atomic mass is 16.5. The van der Waals surface area contributed by atoms with Crippen molar-refractivity contribution in [2.24, 2.45) is 4.99 Å². The molecule has 0 fully saturated rings. The molecule has 6 nitrogen and oxygen atoms in total. The van der Waals surface area contributed by atoms with Crippen LogP contribution in [0.2, 0.25) is 0 Å². The van der Waals surface area contributed by atoms with Crippen molar-refractivity contribution in [3.05, 3.63) is 24.2 Å². The molecular formula is C17H31N3O3. The van der Waals surface area contributed by atoms with Crippen molar-refractivity contribution in [3.8, 4) is 0 Å². The summed E-state index contributed by atoms with van der Waals surface area (Å²) >= 11 is 0. The summed E-state index contributed by atoms with van der Waals surface area (Å²) in [4.78, 5) is 4.58. The fourth-order valence-corrected chi connectivity index (χ4v) is 2.01. The molecule has 2 N–H and O–H groups in total. The quantitative estimate of drug-likeness (QED) is 0.331. The van der Waals surface area contributed by atoms with Crippen LogP contribution in [-0.4, -0.2) is 52.5 Å². The van der Waals surface area contributed by atoms with Crippen LogP contribution in [0, 0.1) is 0 Å². The Balaban J connectivity index is 2.26. The molecule has 0 saturated heterocycles. The number of methoxy groups -OCH3 is 1. The van der Waals surface area contributed by atoms with Gasteiger partial charge in [-0.25, -0.2) is 0 Å². The second-order valence-corrected chi connectivity index (χ2v) is 5.16. The smallest absolute Gasteiger partial charge is 0.191 e. The maximum atomic E-state index is 5.34. The molecule has 0 aliphatic carbocycles. The van der Waals surface area contributed by atoms with Crippen molar-refractivity contribution < 1.29 is 13.9 Å². The van der Waals surface area contributed by atoms with Crippen LogP contribution in [0.25, 0.3) is 0 Å². The molecule has 23 heavy (non-hydrogen) atoms. The molecule has 0 radical (unpaired) electrons. The molecule has 132 valence electrons. The first-order valence-electron chi connectivity index (χ1n) is 8.48. The van der Waals surface area contributed by atoms with Gasteiger partial charge in [0, 0.05) is 53.0 Å². The highest BCUT2D eigenvalue weighted by molar-refractivity contribution is 5.79. The minimum absolute atomic E-state index is 0.757. The average molecular weight is 325 g/mol. The predicted molar refractivity (Wildman–Crippen MR) is 92.9 cm³/mol. The van der Waals surface area contributed by atoms with Crippen molar-refractivity contribution in [3.63, 3.8) is 0 Å². The van der Waals surface area contributed by atoms with Gasteiger partial charge in [-0.05, 0) is 38.3 Å². The molecule has 0 bridgehead atoms. The number of nitrogens with one attached hydrogen (secondary N) is 2. The van der Waals surface area contributed by atoms with Crippen LogP contribution in [0.3, 0.4) is 0 Å². The third-order valence-electron chi connectivity index (χ3n) is 3.23. The molecule has 0 aliphatic rings. The van der Waals surface area contributed by atoms with Gasteiger partial charge in [-0.2, -0.15) is 0 Å². The molecule has 0 aromatic carbocycles. The molecule has 1 aromatic heterocycles. The number of unbranched alkanes of at least 4 members (excludes halogenated alkanes) is 1. The van der Waals surface area contributed by atoms with E-state index in [1.807, 2.05) is 19.1 Å². The van der Waals surface area contributed by atoms with Crippen molar-refractivity contribution >= 4 is 5.96 Å². The van der Waals surface area contributed by atoms with E-state index < -0.39 is 0 Å². The first kappa shape index (κ1) is 19.5. The van der Waals surface area contributed by atoms with E-state index in [9.17, 15) is 0 Å². The predicted octanol–water partition coefficient (Wildman–Crippen LogP) is 2.21. The topological polar surface area (TPSA) is 68.0 Å². The summed E-state index contributed by atoms with van der Waals surface area (Å²) in [6.45, 7) is 6.77. The van der Waals surface area contributed by atoms with Crippen molar-refractivity contribution in [1.82, 2.24) is 10.6 Å². The zero-order valence-electron chi connectivity index (χ0n) is 14.5. The van der Waals surface area contributed by atoms with Crippen molar-refractivity contribution in [2.45, 2.75) is 32.6 Å². The Morgan fingerprint density at radius 1 is 1.17 bits per heavy atom. The number of guanidine groups is 1. The van der Waals surface area contributed by atoms with Gasteiger partial charge in [0.15, 0.2) is 5.96 Å². The number of furan rings is 1. The molecule has 1 rings (SSSR count). The van der Waals surface area contributed by atoms with Crippen LogP contribution < -0.4 is 10.6 Å². The SMILES string of the molecule is CCOCCCN=C(NCCCCOC)NCCc1ccco1. The summed E-state index contributed by atoms with van der Waals surface area (Å²) in [5.74, 6) is 1.83. The highest BCUT2D eigenvalue weighted by Crippen LogP contribution is 1.99. The summed E-state index contributed by atoms with van der Waals surface area (Å²) < 4.78 is 15.7. The lowest BCUT2D eigenvalue weighted by molar-refractivity contribution is 0.146. The molecule has 0 unspecified atom stereocenters. The summed E-state index contributed by atoms with van der Waals surface area (Å²) in [5.41, 5.74) is 0. The van der Waals surface area contributed by atoms with Crippen LogP contribution in [0.1, 0.15) is 31.9 Å². The zero-order chi connectivity index (χ0) is 16.6. The Morgan fingerprint density at radius 3 is 2.78 bits per heavy atom. The van der Waals surface area contributed by atoms with Gasteiger partial charge >= 0.3 is 0 Å². The van der Waals surface area contributed by atoms with Gasteiger partial charge in [0.1, 0.15) is 5.76 Å². The average Bonchev–Trinajstić information content (AvgIpc) is 3.07. The Morgan fingerprint density at radius 2 is 2.04 bits per heavy atom. The maximum absolute atomic E-state index is 5.34. The van der Waals surface area contributed by atoms with Gasteiger partial charge in [-0.15, -0.1) is 0 Å². The largest absolute Gasteiger partial charge is 0.469 e. The zero-order valence-corrected chi connectivity index (χ0v) is 14.5. The second kappa shape index (κ2) is 14.1. The number of hydrogen-bond acceptors (Lipinski definition) is 4. The minimum atomic E-state index is 0.757. The van der Waals surface area contributed by atoms with Gasteiger partial charge in [-0.1, -0.05) is 0 Å². The lowest BCUT2D eigenvalue weighted by Crippen LogP contribution is -2.39. The second-order valence-electron chi connectivity index (χ2n) is 5.16. The number of hydrogen-bond donors (Lipinski definition) is 2. The molecule has 0 amide bonds. The summed E-state index contributed by atoms with van der Waals surface area (Å²) in [6.07, 6.45) is 5.59. The van der Waals surface area contributed by atoms with Gasteiger partial charge in [0.2, 0.25) is 0 Å². The van der Waals surface area contributed by atoms with Gasteiger partial charge in [0.25, 0.3) is 0 Å². The van der Waals surface area contributed by atoms with E-state index in [4.69, 9.17) is 13.9 Å². The van der Waals surface area contributed by atoms with E-state index in [0.717, 1.165) is 76.9 Å². The molecule has 0 aliphatic heterocycles. The molecule has 0 atom stereocenters. The van der Waals surface area contributed by atoms with E-state index in [2.05, 4.69) is 15.6 Å². The van der Waals surface area contributed by atoms with E-state index in [1.165, 1.54) is 0 Å². The van der Waals surface area contributed by atoms with Crippen molar-refractivity contribution in [1.29, 1.82) is 0 Å².